The SMILES string of the molecule is Cc1cc(CCl)nc(N(C)C2CCC(C)(C)CC2)n1. The summed E-state index contributed by atoms with van der Waals surface area (Å²) in [6, 6.07) is 2.51. The first-order valence-corrected chi connectivity index (χ1v) is 7.58. The van der Waals surface area contributed by atoms with Crippen molar-refractivity contribution in [2.24, 2.45) is 5.41 Å². The van der Waals surface area contributed by atoms with Crippen molar-refractivity contribution in [1.29, 1.82) is 0 Å². The van der Waals surface area contributed by atoms with E-state index in [2.05, 4.69) is 35.8 Å². The Morgan fingerprint density at radius 3 is 2.53 bits per heavy atom. The third kappa shape index (κ3) is 3.59. The van der Waals surface area contributed by atoms with Crippen LogP contribution < -0.4 is 4.90 Å². The molecule has 0 amide bonds. The number of aryl methyl sites for hydroxylation is 1. The Hall–Kier alpha value is -0.830. The van der Waals surface area contributed by atoms with Crippen LogP contribution in [0.1, 0.15) is 50.9 Å². The normalized spacial score (nSPS) is 19.4. The van der Waals surface area contributed by atoms with Crippen LogP contribution in [0, 0.1) is 12.3 Å². The predicted octanol–water partition coefficient (Wildman–Crippen LogP) is 3.93. The zero-order valence-electron chi connectivity index (χ0n) is 12.4. The fourth-order valence-electron chi connectivity index (χ4n) is 2.78. The first-order valence-electron chi connectivity index (χ1n) is 7.05. The van der Waals surface area contributed by atoms with Crippen LogP contribution in [0.4, 0.5) is 5.95 Å². The van der Waals surface area contributed by atoms with Gasteiger partial charge in [0.05, 0.1) is 11.6 Å². The standard InChI is InChI=1S/C15H24ClN3/c1-11-9-12(10-16)18-14(17-11)19(4)13-5-7-15(2,3)8-6-13/h9,13H,5-8,10H2,1-4H3. The first-order chi connectivity index (χ1) is 8.91. The van der Waals surface area contributed by atoms with E-state index in [9.17, 15) is 0 Å². The minimum atomic E-state index is 0.446. The van der Waals surface area contributed by atoms with Gasteiger partial charge in [0.1, 0.15) is 0 Å². The highest BCUT2D eigenvalue weighted by Crippen LogP contribution is 2.37. The summed E-state index contributed by atoms with van der Waals surface area (Å²) < 4.78 is 0. The minimum absolute atomic E-state index is 0.446. The molecule has 19 heavy (non-hydrogen) atoms. The molecule has 0 N–H and O–H groups in total. The van der Waals surface area contributed by atoms with Crippen molar-refractivity contribution in [2.45, 2.75) is 58.4 Å². The van der Waals surface area contributed by atoms with Crippen molar-refractivity contribution >= 4 is 17.5 Å². The number of aromatic nitrogens is 2. The van der Waals surface area contributed by atoms with Gasteiger partial charge >= 0.3 is 0 Å². The van der Waals surface area contributed by atoms with Crippen LogP contribution in [0.25, 0.3) is 0 Å². The lowest BCUT2D eigenvalue weighted by Gasteiger charge is -2.38. The van der Waals surface area contributed by atoms with Crippen LogP contribution in [0.5, 0.6) is 0 Å². The van der Waals surface area contributed by atoms with Gasteiger partial charge in [-0.2, -0.15) is 0 Å². The highest BCUT2D eigenvalue weighted by molar-refractivity contribution is 6.16. The van der Waals surface area contributed by atoms with Crippen molar-refractivity contribution in [2.75, 3.05) is 11.9 Å². The van der Waals surface area contributed by atoms with Crippen molar-refractivity contribution in [3.05, 3.63) is 17.5 Å². The predicted molar refractivity (Wildman–Crippen MR) is 80.8 cm³/mol. The molecule has 1 fully saturated rings. The van der Waals surface area contributed by atoms with Gasteiger partial charge in [-0.1, -0.05) is 13.8 Å². The molecule has 1 aliphatic carbocycles. The van der Waals surface area contributed by atoms with Gasteiger partial charge in [-0.3, -0.25) is 0 Å². The van der Waals surface area contributed by atoms with E-state index >= 15 is 0 Å². The Kier molecular flexibility index (Phi) is 4.34. The number of hydrogen-bond donors (Lipinski definition) is 0. The molecule has 2 rings (SSSR count). The smallest absolute Gasteiger partial charge is 0.225 e. The minimum Gasteiger partial charge on any atom is -0.341 e. The second kappa shape index (κ2) is 5.66. The summed E-state index contributed by atoms with van der Waals surface area (Å²) in [5.41, 5.74) is 2.39. The molecule has 3 nitrogen and oxygen atoms in total. The Labute approximate surface area is 121 Å². The number of anilines is 1. The molecule has 0 aromatic carbocycles. The second-order valence-electron chi connectivity index (χ2n) is 6.44. The lowest BCUT2D eigenvalue weighted by Crippen LogP contribution is -2.38. The van der Waals surface area contributed by atoms with Crippen LogP contribution in [0.2, 0.25) is 0 Å². The average molecular weight is 282 g/mol. The largest absolute Gasteiger partial charge is 0.341 e. The molecule has 0 unspecified atom stereocenters. The van der Waals surface area contributed by atoms with Crippen LogP contribution in [0.3, 0.4) is 0 Å². The number of halogens is 1. The second-order valence-corrected chi connectivity index (χ2v) is 6.71. The van der Waals surface area contributed by atoms with Gasteiger partial charge in [0, 0.05) is 18.8 Å². The van der Waals surface area contributed by atoms with Gasteiger partial charge < -0.3 is 4.90 Å². The lowest BCUT2D eigenvalue weighted by atomic mass is 9.75. The van der Waals surface area contributed by atoms with Crippen LogP contribution in [-0.4, -0.2) is 23.1 Å². The molecular weight excluding hydrogens is 258 g/mol. The fourth-order valence-corrected chi connectivity index (χ4v) is 2.91. The Morgan fingerprint density at radius 2 is 1.95 bits per heavy atom. The molecule has 1 heterocycles. The molecule has 0 radical (unpaired) electrons. The fraction of sp³-hybridized carbons (Fsp3) is 0.733. The summed E-state index contributed by atoms with van der Waals surface area (Å²) in [4.78, 5) is 11.3. The highest BCUT2D eigenvalue weighted by Gasteiger charge is 2.29. The van der Waals surface area contributed by atoms with Gasteiger partial charge in [-0.05, 0) is 44.1 Å². The van der Waals surface area contributed by atoms with E-state index in [0.717, 1.165) is 17.3 Å². The summed E-state index contributed by atoms with van der Waals surface area (Å²) in [5.74, 6) is 1.27. The molecule has 1 aliphatic rings. The number of hydrogen-bond acceptors (Lipinski definition) is 3. The van der Waals surface area contributed by atoms with Gasteiger partial charge in [0.25, 0.3) is 0 Å². The van der Waals surface area contributed by atoms with Crippen molar-refractivity contribution in [3.63, 3.8) is 0 Å². The summed E-state index contributed by atoms with van der Waals surface area (Å²) in [5, 5.41) is 0. The van der Waals surface area contributed by atoms with E-state index in [-0.39, 0.29) is 0 Å². The van der Waals surface area contributed by atoms with Crippen LogP contribution >= 0.6 is 11.6 Å². The van der Waals surface area contributed by atoms with Crippen molar-refractivity contribution < 1.29 is 0 Å². The van der Waals surface area contributed by atoms with Gasteiger partial charge in [0.15, 0.2) is 0 Å². The van der Waals surface area contributed by atoms with Gasteiger partial charge in [-0.25, -0.2) is 9.97 Å². The molecule has 0 bridgehead atoms. The Balaban J connectivity index is 2.11. The number of nitrogens with zero attached hydrogens (tertiary/aromatic N) is 3. The molecule has 0 saturated heterocycles. The topological polar surface area (TPSA) is 29.0 Å². The molecule has 1 aromatic rings. The summed E-state index contributed by atoms with van der Waals surface area (Å²) in [6.45, 7) is 6.72. The third-order valence-electron chi connectivity index (χ3n) is 4.20. The molecule has 4 heteroatoms. The number of alkyl halides is 1. The molecule has 0 atom stereocenters. The Morgan fingerprint density at radius 1 is 1.32 bits per heavy atom. The maximum Gasteiger partial charge on any atom is 0.225 e. The molecular formula is C15H24ClN3. The first kappa shape index (κ1) is 14.6. The monoisotopic (exact) mass is 281 g/mol. The van der Waals surface area contributed by atoms with E-state index < -0.39 is 0 Å². The van der Waals surface area contributed by atoms with Crippen LogP contribution in [0.15, 0.2) is 6.07 Å². The molecule has 1 aromatic heterocycles. The summed E-state index contributed by atoms with van der Waals surface area (Å²) in [7, 11) is 2.11. The van der Waals surface area contributed by atoms with Crippen LogP contribution in [-0.2, 0) is 5.88 Å². The number of rotatable bonds is 3. The molecule has 1 saturated carbocycles. The van der Waals surface area contributed by atoms with E-state index in [4.69, 9.17) is 11.6 Å². The molecule has 0 aliphatic heterocycles. The zero-order chi connectivity index (χ0) is 14.0. The van der Waals surface area contributed by atoms with Gasteiger partial charge in [-0.15, -0.1) is 11.6 Å². The highest BCUT2D eigenvalue weighted by atomic mass is 35.5. The van der Waals surface area contributed by atoms with E-state index in [0.29, 0.717) is 17.3 Å². The van der Waals surface area contributed by atoms with E-state index in [1.54, 1.807) is 0 Å². The maximum absolute atomic E-state index is 5.89. The third-order valence-corrected chi connectivity index (χ3v) is 4.48. The van der Waals surface area contributed by atoms with E-state index in [1.165, 1.54) is 25.7 Å². The van der Waals surface area contributed by atoms with E-state index in [1.807, 2.05) is 13.0 Å². The maximum atomic E-state index is 5.89. The van der Waals surface area contributed by atoms with Gasteiger partial charge in [0.2, 0.25) is 5.95 Å². The summed E-state index contributed by atoms with van der Waals surface area (Å²) in [6.07, 6.45) is 4.99. The molecule has 0 spiro atoms. The van der Waals surface area contributed by atoms with Crippen molar-refractivity contribution in [1.82, 2.24) is 9.97 Å². The average Bonchev–Trinajstić information content (AvgIpc) is 2.37. The summed E-state index contributed by atoms with van der Waals surface area (Å²) >= 11 is 5.89. The Bertz CT molecular complexity index is 435. The quantitative estimate of drug-likeness (QED) is 0.786. The zero-order valence-corrected chi connectivity index (χ0v) is 13.2. The lowest BCUT2D eigenvalue weighted by molar-refractivity contribution is 0.222. The van der Waals surface area contributed by atoms with Crippen molar-refractivity contribution in [3.8, 4) is 0 Å². The molecule has 106 valence electrons.